The van der Waals surface area contributed by atoms with Crippen molar-refractivity contribution in [2.45, 2.75) is 32.4 Å². The van der Waals surface area contributed by atoms with Crippen molar-refractivity contribution < 1.29 is 18.0 Å². The molecule has 0 bridgehead atoms. The van der Waals surface area contributed by atoms with Crippen LogP contribution < -0.4 is 10.9 Å². The van der Waals surface area contributed by atoms with E-state index in [1.54, 1.807) is 6.07 Å². The van der Waals surface area contributed by atoms with E-state index in [4.69, 9.17) is 0 Å². The Morgan fingerprint density at radius 2 is 2.04 bits per heavy atom. The zero-order valence-electron chi connectivity index (χ0n) is 13.5. The van der Waals surface area contributed by atoms with Crippen molar-refractivity contribution >= 4 is 11.6 Å². The number of alkyl halides is 3. The predicted molar refractivity (Wildman–Crippen MR) is 87.6 cm³/mol. The molecule has 0 spiro atoms. The Kier molecular flexibility index (Phi) is 4.41. The Morgan fingerprint density at radius 1 is 1.28 bits per heavy atom. The van der Waals surface area contributed by atoms with E-state index in [0.29, 0.717) is 5.92 Å². The minimum atomic E-state index is -4.50. The van der Waals surface area contributed by atoms with E-state index in [-0.39, 0.29) is 11.3 Å². The summed E-state index contributed by atoms with van der Waals surface area (Å²) in [5, 5.41) is 2.37. The molecule has 132 valence electrons. The van der Waals surface area contributed by atoms with Crippen LogP contribution >= 0.6 is 0 Å². The highest BCUT2D eigenvalue weighted by molar-refractivity contribution is 6.04. The van der Waals surface area contributed by atoms with Crippen LogP contribution in [-0.4, -0.2) is 10.9 Å². The third kappa shape index (κ3) is 3.75. The van der Waals surface area contributed by atoms with Gasteiger partial charge in [0.1, 0.15) is 5.56 Å². The quantitative estimate of drug-likeness (QED) is 0.866. The second kappa shape index (κ2) is 6.38. The Hall–Kier alpha value is -2.57. The van der Waals surface area contributed by atoms with E-state index < -0.39 is 23.2 Å². The molecule has 1 aromatic heterocycles. The van der Waals surface area contributed by atoms with E-state index in [1.165, 1.54) is 12.1 Å². The van der Waals surface area contributed by atoms with Gasteiger partial charge in [-0.05, 0) is 55.0 Å². The number of aryl methyl sites for hydroxylation is 1. The number of carbonyl (C=O) groups excluding carboxylic acids is 1. The number of hydrogen-bond donors (Lipinski definition) is 2. The number of pyridine rings is 1. The second-order valence-electron chi connectivity index (χ2n) is 6.40. The summed E-state index contributed by atoms with van der Waals surface area (Å²) in [5.74, 6) is -0.264. The van der Waals surface area contributed by atoms with Crippen LogP contribution in [-0.2, 0) is 19.0 Å². The van der Waals surface area contributed by atoms with Gasteiger partial charge in [-0.25, -0.2) is 0 Å². The van der Waals surface area contributed by atoms with Crippen LogP contribution in [0.4, 0.5) is 18.9 Å². The summed E-state index contributed by atoms with van der Waals surface area (Å²) in [6.45, 7) is 2.09. The van der Waals surface area contributed by atoms with Crippen LogP contribution in [0, 0.1) is 5.92 Å². The maximum absolute atomic E-state index is 12.7. The standard InChI is InChI=1S/C18H17F3N2O2/c1-10-5-6-15-11(7-10)8-14(17(25)23-15)16(24)22-13-4-2-3-12(9-13)18(19,20)21/h2-4,8-10H,5-7H2,1H3,(H,22,24)(H,23,25). The monoisotopic (exact) mass is 350 g/mol. The molecule has 25 heavy (non-hydrogen) atoms. The lowest BCUT2D eigenvalue weighted by Gasteiger charge is -2.21. The van der Waals surface area contributed by atoms with Crippen LogP contribution in [0.2, 0.25) is 0 Å². The van der Waals surface area contributed by atoms with Crippen molar-refractivity contribution in [3.63, 3.8) is 0 Å². The molecule has 1 aliphatic carbocycles. The molecule has 1 unspecified atom stereocenters. The smallest absolute Gasteiger partial charge is 0.325 e. The number of fused-ring (bicyclic) bond motifs is 1. The van der Waals surface area contributed by atoms with Gasteiger partial charge in [0.15, 0.2) is 0 Å². The maximum Gasteiger partial charge on any atom is 0.416 e. The summed E-state index contributed by atoms with van der Waals surface area (Å²) in [6, 6.07) is 5.86. The molecule has 7 heteroatoms. The lowest BCUT2D eigenvalue weighted by Crippen LogP contribution is -2.27. The average molecular weight is 350 g/mol. The van der Waals surface area contributed by atoms with E-state index in [2.05, 4.69) is 17.2 Å². The topological polar surface area (TPSA) is 62.0 Å². The van der Waals surface area contributed by atoms with Gasteiger partial charge < -0.3 is 10.3 Å². The van der Waals surface area contributed by atoms with Crippen molar-refractivity contribution in [1.82, 2.24) is 4.98 Å². The molecule has 3 rings (SSSR count). The van der Waals surface area contributed by atoms with Gasteiger partial charge >= 0.3 is 6.18 Å². The second-order valence-corrected chi connectivity index (χ2v) is 6.40. The van der Waals surface area contributed by atoms with Gasteiger partial charge in [0.25, 0.3) is 11.5 Å². The van der Waals surface area contributed by atoms with E-state index in [1.807, 2.05) is 0 Å². The highest BCUT2D eigenvalue weighted by atomic mass is 19.4. The van der Waals surface area contributed by atoms with Crippen LogP contribution in [0.25, 0.3) is 0 Å². The predicted octanol–water partition coefficient (Wildman–Crippen LogP) is 3.77. The first-order valence-electron chi connectivity index (χ1n) is 7.97. The van der Waals surface area contributed by atoms with Crippen LogP contribution in [0.3, 0.4) is 0 Å². The number of benzene rings is 1. The average Bonchev–Trinajstić information content (AvgIpc) is 2.54. The molecule has 2 aromatic rings. The Morgan fingerprint density at radius 3 is 2.76 bits per heavy atom. The normalized spacial score (nSPS) is 17.0. The summed E-state index contributed by atoms with van der Waals surface area (Å²) in [6.07, 6.45) is -2.02. The Balaban J connectivity index is 1.87. The molecule has 4 nitrogen and oxygen atoms in total. The first kappa shape index (κ1) is 17.3. The van der Waals surface area contributed by atoms with Gasteiger partial charge in [0.05, 0.1) is 5.56 Å². The van der Waals surface area contributed by atoms with E-state index in [0.717, 1.165) is 42.7 Å². The van der Waals surface area contributed by atoms with E-state index in [9.17, 15) is 22.8 Å². The maximum atomic E-state index is 12.7. The molecule has 0 fully saturated rings. The minimum absolute atomic E-state index is 0.00897. The van der Waals surface area contributed by atoms with Crippen molar-refractivity contribution in [3.8, 4) is 0 Å². The zero-order chi connectivity index (χ0) is 18.2. The lowest BCUT2D eigenvalue weighted by atomic mass is 9.87. The number of nitrogens with one attached hydrogen (secondary N) is 2. The van der Waals surface area contributed by atoms with Gasteiger partial charge in [-0.1, -0.05) is 13.0 Å². The molecule has 1 aromatic carbocycles. The SMILES string of the molecule is CC1CCc2[nH]c(=O)c(C(=O)Nc3cccc(C(F)(F)F)c3)cc2C1. The molecule has 2 N–H and O–H groups in total. The molecular weight excluding hydrogens is 333 g/mol. The third-order valence-corrected chi connectivity index (χ3v) is 4.36. The van der Waals surface area contributed by atoms with Crippen LogP contribution in [0.1, 0.15) is 40.5 Å². The zero-order valence-corrected chi connectivity index (χ0v) is 13.5. The summed E-state index contributed by atoms with van der Waals surface area (Å²) in [5.41, 5.74) is 0.248. The summed E-state index contributed by atoms with van der Waals surface area (Å²) in [4.78, 5) is 27.2. The fourth-order valence-electron chi connectivity index (χ4n) is 3.03. The van der Waals surface area contributed by atoms with Crippen molar-refractivity contribution in [3.05, 3.63) is 63.1 Å². The Bertz CT molecular complexity index is 871. The first-order valence-corrected chi connectivity index (χ1v) is 7.97. The Labute approximate surface area is 142 Å². The van der Waals surface area contributed by atoms with Crippen LogP contribution in [0.15, 0.2) is 35.1 Å². The molecule has 0 radical (unpaired) electrons. The highest BCUT2D eigenvalue weighted by Crippen LogP contribution is 2.30. The fourth-order valence-corrected chi connectivity index (χ4v) is 3.03. The number of carbonyl (C=O) groups is 1. The lowest BCUT2D eigenvalue weighted by molar-refractivity contribution is -0.137. The van der Waals surface area contributed by atoms with Crippen molar-refractivity contribution in [2.75, 3.05) is 5.32 Å². The number of aromatic amines is 1. The van der Waals surface area contributed by atoms with Crippen molar-refractivity contribution in [2.24, 2.45) is 5.92 Å². The highest BCUT2D eigenvalue weighted by Gasteiger charge is 2.30. The van der Waals surface area contributed by atoms with Crippen molar-refractivity contribution in [1.29, 1.82) is 0 Å². The third-order valence-electron chi connectivity index (χ3n) is 4.36. The molecule has 1 amide bonds. The minimum Gasteiger partial charge on any atom is -0.325 e. The number of H-pyrrole nitrogens is 1. The summed E-state index contributed by atoms with van der Waals surface area (Å²) >= 11 is 0. The summed E-state index contributed by atoms with van der Waals surface area (Å²) in [7, 11) is 0. The largest absolute Gasteiger partial charge is 0.416 e. The van der Waals surface area contributed by atoms with Gasteiger partial charge in [-0.3, -0.25) is 9.59 Å². The van der Waals surface area contributed by atoms with Gasteiger partial charge in [-0.2, -0.15) is 13.2 Å². The van der Waals surface area contributed by atoms with Gasteiger partial charge in [0.2, 0.25) is 0 Å². The molecule has 0 saturated carbocycles. The molecule has 1 heterocycles. The first-order chi connectivity index (χ1) is 11.7. The number of anilines is 1. The number of hydrogen-bond acceptors (Lipinski definition) is 2. The van der Waals surface area contributed by atoms with E-state index >= 15 is 0 Å². The van der Waals surface area contributed by atoms with Gasteiger partial charge in [-0.15, -0.1) is 0 Å². The molecule has 1 aliphatic rings. The number of aromatic nitrogens is 1. The number of amides is 1. The fraction of sp³-hybridized carbons (Fsp3) is 0.333. The molecule has 1 atom stereocenters. The molecular formula is C18H17F3N2O2. The molecule has 0 aliphatic heterocycles. The molecule has 0 saturated heterocycles. The van der Waals surface area contributed by atoms with Crippen LogP contribution in [0.5, 0.6) is 0 Å². The number of halogens is 3. The van der Waals surface area contributed by atoms with Gasteiger partial charge in [0, 0.05) is 11.4 Å². The number of rotatable bonds is 2. The summed E-state index contributed by atoms with van der Waals surface area (Å²) < 4.78 is 38.2.